The fourth-order valence-corrected chi connectivity index (χ4v) is 2.77. The van der Waals surface area contributed by atoms with Crippen LogP contribution in [-0.2, 0) is 17.8 Å². The lowest BCUT2D eigenvalue weighted by molar-refractivity contribution is -0.929. The Labute approximate surface area is 129 Å². The number of fused-ring (bicyclic) bond motifs is 1. The highest BCUT2D eigenvalue weighted by Gasteiger charge is 2.30. The van der Waals surface area contributed by atoms with Gasteiger partial charge in [0.1, 0.15) is 6.54 Å². The molecule has 1 aliphatic heterocycles. The molecule has 22 heavy (non-hydrogen) atoms. The first kappa shape index (κ1) is 16.1. The van der Waals surface area contributed by atoms with Crippen LogP contribution in [0, 0.1) is 0 Å². The second-order valence-corrected chi connectivity index (χ2v) is 5.39. The molecule has 1 heterocycles. The molecular formula is C15H22N3O4+. The van der Waals surface area contributed by atoms with E-state index in [1.54, 1.807) is 21.1 Å². The number of carbonyl (C=O) groups is 2. The zero-order chi connectivity index (χ0) is 16.3. The molecule has 3 amide bonds. The molecule has 0 fully saturated rings. The summed E-state index contributed by atoms with van der Waals surface area (Å²) in [5.74, 6) is 1.03. The van der Waals surface area contributed by atoms with Gasteiger partial charge in [-0.1, -0.05) is 0 Å². The molecule has 0 bridgehead atoms. The minimum atomic E-state index is -0.819. The first-order valence-electron chi connectivity index (χ1n) is 7.15. The van der Waals surface area contributed by atoms with Crippen LogP contribution in [0.5, 0.6) is 11.5 Å². The Morgan fingerprint density at radius 1 is 1.23 bits per heavy atom. The number of hydrogen-bond donors (Lipinski definition) is 3. The second-order valence-electron chi connectivity index (χ2n) is 5.39. The standard InChI is InChI=1S/C15H21N3O4/c1-9(14(19)17-15(16)20)18-5-4-10-6-12(21-2)13(22-3)7-11(10)8-18/h6-7,9H,4-5,8H2,1-3H3,(H3,16,17,19,20)/p+1/t9-/m1/s1. The van der Waals surface area contributed by atoms with Gasteiger partial charge >= 0.3 is 6.03 Å². The molecule has 0 aromatic heterocycles. The monoisotopic (exact) mass is 308 g/mol. The molecule has 7 nitrogen and oxygen atoms in total. The number of nitrogens with one attached hydrogen (secondary N) is 2. The number of urea groups is 1. The number of amides is 3. The van der Waals surface area contributed by atoms with Gasteiger partial charge in [0.15, 0.2) is 17.5 Å². The summed E-state index contributed by atoms with van der Waals surface area (Å²) in [6.07, 6.45) is 0.833. The highest BCUT2D eigenvalue weighted by atomic mass is 16.5. The summed E-state index contributed by atoms with van der Waals surface area (Å²) >= 11 is 0. The van der Waals surface area contributed by atoms with Crippen molar-refractivity contribution in [3.63, 3.8) is 0 Å². The van der Waals surface area contributed by atoms with Crippen LogP contribution >= 0.6 is 0 Å². The lowest BCUT2D eigenvalue weighted by atomic mass is 9.97. The van der Waals surface area contributed by atoms with Gasteiger partial charge in [-0.3, -0.25) is 10.1 Å². The SMILES string of the molecule is COc1cc2c(cc1OC)C[NH+]([C@H](C)C(=O)NC(N)=O)CC2. The Kier molecular flexibility index (Phi) is 4.87. The maximum atomic E-state index is 11.9. The number of rotatable bonds is 4. The van der Waals surface area contributed by atoms with Crippen LogP contribution < -0.4 is 25.4 Å². The van der Waals surface area contributed by atoms with Gasteiger partial charge in [-0.15, -0.1) is 0 Å². The van der Waals surface area contributed by atoms with E-state index in [0.29, 0.717) is 18.0 Å². The molecule has 7 heteroatoms. The van der Waals surface area contributed by atoms with Crippen molar-refractivity contribution in [2.75, 3.05) is 20.8 Å². The number of nitrogens with two attached hydrogens (primary N) is 1. The summed E-state index contributed by atoms with van der Waals surface area (Å²) in [7, 11) is 3.21. The van der Waals surface area contributed by atoms with E-state index in [-0.39, 0.29) is 11.9 Å². The number of carbonyl (C=O) groups excluding carboxylic acids is 2. The van der Waals surface area contributed by atoms with E-state index in [4.69, 9.17) is 15.2 Å². The van der Waals surface area contributed by atoms with E-state index in [2.05, 4.69) is 5.32 Å². The third-order valence-electron chi connectivity index (χ3n) is 4.09. The molecule has 1 aliphatic rings. The van der Waals surface area contributed by atoms with E-state index < -0.39 is 6.03 Å². The lowest BCUT2D eigenvalue weighted by Crippen LogP contribution is -3.16. The average molecular weight is 308 g/mol. The van der Waals surface area contributed by atoms with Crippen molar-refractivity contribution in [2.45, 2.75) is 25.9 Å². The highest BCUT2D eigenvalue weighted by molar-refractivity contribution is 5.95. The molecule has 0 radical (unpaired) electrons. The minimum Gasteiger partial charge on any atom is -0.493 e. The van der Waals surface area contributed by atoms with Gasteiger partial charge in [-0.05, 0) is 24.6 Å². The Morgan fingerprint density at radius 3 is 2.36 bits per heavy atom. The number of primary amides is 1. The first-order valence-corrected chi connectivity index (χ1v) is 7.15. The molecule has 1 aromatic carbocycles. The normalized spacial score (nSPS) is 18.0. The molecule has 0 saturated heterocycles. The maximum absolute atomic E-state index is 11.9. The van der Waals surface area contributed by atoms with Crippen LogP contribution in [0.25, 0.3) is 0 Å². The lowest BCUT2D eigenvalue weighted by Gasteiger charge is -2.30. The molecule has 1 aromatic rings. The molecule has 4 N–H and O–H groups in total. The van der Waals surface area contributed by atoms with Gasteiger partial charge < -0.3 is 20.1 Å². The predicted molar refractivity (Wildman–Crippen MR) is 80.0 cm³/mol. The summed E-state index contributed by atoms with van der Waals surface area (Å²) in [4.78, 5) is 23.8. The number of imide groups is 1. The summed E-state index contributed by atoms with van der Waals surface area (Å²) < 4.78 is 10.6. The van der Waals surface area contributed by atoms with E-state index in [0.717, 1.165) is 23.4 Å². The van der Waals surface area contributed by atoms with E-state index >= 15 is 0 Å². The Bertz CT molecular complexity index is 588. The van der Waals surface area contributed by atoms with E-state index in [9.17, 15) is 9.59 Å². The number of quaternary nitrogens is 1. The van der Waals surface area contributed by atoms with Crippen molar-refractivity contribution in [3.05, 3.63) is 23.3 Å². The topological polar surface area (TPSA) is 95.1 Å². The van der Waals surface area contributed by atoms with Gasteiger partial charge in [0.05, 0.1) is 20.8 Å². The van der Waals surface area contributed by atoms with Crippen molar-refractivity contribution in [3.8, 4) is 11.5 Å². The van der Waals surface area contributed by atoms with Crippen molar-refractivity contribution in [1.82, 2.24) is 5.32 Å². The highest BCUT2D eigenvalue weighted by Crippen LogP contribution is 2.31. The van der Waals surface area contributed by atoms with Gasteiger partial charge in [0.2, 0.25) is 0 Å². The van der Waals surface area contributed by atoms with Crippen molar-refractivity contribution in [1.29, 1.82) is 0 Å². The maximum Gasteiger partial charge on any atom is 0.319 e. The van der Waals surface area contributed by atoms with Crippen LogP contribution in [0.4, 0.5) is 4.79 Å². The fourth-order valence-electron chi connectivity index (χ4n) is 2.77. The molecular weight excluding hydrogens is 286 g/mol. The van der Waals surface area contributed by atoms with Crippen molar-refractivity contribution < 1.29 is 24.0 Å². The Morgan fingerprint density at radius 2 is 1.82 bits per heavy atom. The number of methoxy groups -OCH3 is 2. The van der Waals surface area contributed by atoms with Crippen LogP contribution in [0.3, 0.4) is 0 Å². The first-order chi connectivity index (χ1) is 10.5. The summed E-state index contributed by atoms with van der Waals surface area (Å²) in [6.45, 7) is 3.28. The third kappa shape index (κ3) is 3.30. The number of hydrogen-bond acceptors (Lipinski definition) is 4. The summed E-state index contributed by atoms with van der Waals surface area (Å²) in [5.41, 5.74) is 7.32. The van der Waals surface area contributed by atoms with Crippen molar-refractivity contribution in [2.24, 2.45) is 5.73 Å². The Balaban J connectivity index is 2.17. The zero-order valence-corrected chi connectivity index (χ0v) is 13.1. The molecule has 2 rings (SSSR count). The smallest absolute Gasteiger partial charge is 0.319 e. The van der Waals surface area contributed by atoms with Crippen LogP contribution in [-0.4, -0.2) is 38.7 Å². The number of benzene rings is 1. The van der Waals surface area contributed by atoms with Crippen molar-refractivity contribution >= 4 is 11.9 Å². The predicted octanol–water partition coefficient (Wildman–Crippen LogP) is -0.772. The van der Waals surface area contributed by atoms with E-state index in [1.165, 1.54) is 5.56 Å². The molecule has 120 valence electrons. The van der Waals surface area contributed by atoms with Crippen LogP contribution in [0.15, 0.2) is 12.1 Å². The quantitative estimate of drug-likeness (QED) is 0.680. The second kappa shape index (κ2) is 6.65. The average Bonchev–Trinajstić information content (AvgIpc) is 2.51. The molecule has 0 saturated carbocycles. The molecule has 2 atom stereocenters. The van der Waals surface area contributed by atoms with E-state index in [1.807, 2.05) is 12.1 Å². The largest absolute Gasteiger partial charge is 0.493 e. The molecule has 0 spiro atoms. The van der Waals surface area contributed by atoms with Gasteiger partial charge in [-0.2, -0.15) is 0 Å². The summed E-state index contributed by atoms with van der Waals surface area (Å²) in [5, 5.41) is 2.14. The van der Waals surface area contributed by atoms with Gasteiger partial charge in [-0.25, -0.2) is 4.79 Å². The van der Waals surface area contributed by atoms with Crippen LogP contribution in [0.1, 0.15) is 18.1 Å². The summed E-state index contributed by atoms with van der Waals surface area (Å²) in [6, 6.07) is 2.76. The zero-order valence-electron chi connectivity index (χ0n) is 13.1. The minimum absolute atomic E-state index is 0.353. The van der Waals surface area contributed by atoms with Gasteiger partial charge in [0, 0.05) is 12.0 Å². The molecule has 1 unspecified atom stereocenters. The Hall–Kier alpha value is -2.28. The van der Waals surface area contributed by atoms with Crippen LogP contribution in [0.2, 0.25) is 0 Å². The third-order valence-corrected chi connectivity index (χ3v) is 4.09. The fraction of sp³-hybridized carbons (Fsp3) is 0.467. The number of ether oxygens (including phenoxy) is 2. The molecule has 0 aliphatic carbocycles. The van der Waals surface area contributed by atoms with Gasteiger partial charge in [0.25, 0.3) is 5.91 Å².